The molecule has 0 spiro atoms. The third-order valence-electron chi connectivity index (χ3n) is 6.80. The van der Waals surface area contributed by atoms with Gasteiger partial charge in [-0.15, -0.1) is 6.58 Å². The number of hydrogen-bond donors (Lipinski definition) is 1. The van der Waals surface area contributed by atoms with E-state index in [-0.39, 0.29) is 34.5 Å². The van der Waals surface area contributed by atoms with Gasteiger partial charge in [-0.3, -0.25) is 9.59 Å². The van der Waals surface area contributed by atoms with Crippen LogP contribution in [0.5, 0.6) is 0 Å². The fourth-order valence-electron chi connectivity index (χ4n) is 4.92. The molecule has 0 radical (unpaired) electrons. The van der Waals surface area contributed by atoms with Gasteiger partial charge in [-0.25, -0.2) is 23.1 Å². The molecule has 0 bridgehead atoms. The van der Waals surface area contributed by atoms with Crippen LogP contribution >= 0.6 is 0 Å². The van der Waals surface area contributed by atoms with Crippen molar-refractivity contribution in [2.24, 2.45) is 7.05 Å². The summed E-state index contributed by atoms with van der Waals surface area (Å²) in [6.07, 6.45) is -0.603. The summed E-state index contributed by atoms with van der Waals surface area (Å²) in [5.74, 6) is -0.543. The van der Waals surface area contributed by atoms with Gasteiger partial charge in [0.15, 0.2) is 0 Å². The number of benzene rings is 1. The highest BCUT2D eigenvalue weighted by Gasteiger charge is 2.34. The monoisotopic (exact) mass is 499 g/mol. The number of rotatable bonds is 6. The van der Waals surface area contributed by atoms with Gasteiger partial charge in [0.1, 0.15) is 23.0 Å². The number of likely N-dealkylation sites (tertiary alicyclic amines) is 1. The van der Waals surface area contributed by atoms with Gasteiger partial charge in [-0.1, -0.05) is 24.3 Å². The number of fused-ring (bicyclic) bond motifs is 1. The molecular formula is C26H28F3N5O2. The van der Waals surface area contributed by atoms with Crippen LogP contribution in [-0.2, 0) is 11.8 Å². The van der Waals surface area contributed by atoms with E-state index >= 15 is 0 Å². The van der Waals surface area contributed by atoms with Gasteiger partial charge in [-0.2, -0.15) is 0 Å². The number of carbonyl (C=O) groups is 1. The molecule has 3 atom stereocenters. The Kier molecular flexibility index (Phi) is 6.88. The molecule has 1 saturated heterocycles. The van der Waals surface area contributed by atoms with Gasteiger partial charge in [0.05, 0.1) is 23.0 Å². The number of hydrogen-bond acceptors (Lipinski definition) is 5. The van der Waals surface area contributed by atoms with Crippen LogP contribution in [0.4, 0.5) is 19.0 Å². The molecule has 1 unspecified atom stereocenters. The van der Waals surface area contributed by atoms with E-state index in [4.69, 9.17) is 0 Å². The summed E-state index contributed by atoms with van der Waals surface area (Å²) in [5, 5.41) is 3.53. The Balaban J connectivity index is 1.79. The summed E-state index contributed by atoms with van der Waals surface area (Å²) in [7, 11) is 1.66. The predicted octanol–water partition coefficient (Wildman–Crippen LogP) is 4.78. The van der Waals surface area contributed by atoms with Crippen molar-refractivity contribution in [3.63, 3.8) is 0 Å². The van der Waals surface area contributed by atoms with Crippen molar-refractivity contribution in [1.29, 1.82) is 0 Å². The fourth-order valence-corrected chi connectivity index (χ4v) is 4.92. The van der Waals surface area contributed by atoms with Crippen LogP contribution in [0, 0.1) is 12.7 Å². The SMILES string of the molecule is C=C[C@@H]1CC(c2cc3c(N[C@H](C)c4cccc(C(F)F)c4F)nc(C)nc3c(=O)n2C)CN1C(C)=O. The summed E-state index contributed by atoms with van der Waals surface area (Å²) in [4.78, 5) is 35.9. The standard InChI is InChI=1S/C26H28F3N5O2/c1-6-17-10-16(12-34(17)15(4)35)21-11-20-23(26(36)33(21)5)31-14(3)32-25(20)30-13(2)18-8-7-9-19(22(18)27)24(28)29/h6-9,11,13,16-17,24H,1,10,12H2,2-5H3,(H,30,31,32)/t13-,16?,17-/m1/s1. The summed E-state index contributed by atoms with van der Waals surface area (Å²) < 4.78 is 42.7. The quantitative estimate of drug-likeness (QED) is 0.494. The molecule has 1 aliphatic heterocycles. The van der Waals surface area contributed by atoms with Gasteiger partial charge < -0.3 is 14.8 Å². The summed E-state index contributed by atoms with van der Waals surface area (Å²) >= 11 is 0. The van der Waals surface area contributed by atoms with Crippen molar-refractivity contribution in [1.82, 2.24) is 19.4 Å². The Bertz CT molecular complexity index is 1400. The first-order chi connectivity index (χ1) is 17.0. The number of alkyl halides is 2. The molecule has 2 aromatic heterocycles. The Morgan fingerprint density at radius 1 is 1.28 bits per heavy atom. The molecule has 3 heterocycles. The predicted molar refractivity (Wildman–Crippen MR) is 132 cm³/mol. The first kappa shape index (κ1) is 25.4. The van der Waals surface area contributed by atoms with E-state index in [1.807, 2.05) is 6.07 Å². The second-order valence-electron chi connectivity index (χ2n) is 9.14. The minimum Gasteiger partial charge on any atom is -0.363 e. The second-order valence-corrected chi connectivity index (χ2v) is 9.14. The van der Waals surface area contributed by atoms with Crippen molar-refractivity contribution in [3.05, 3.63) is 75.7 Å². The molecule has 1 aliphatic rings. The number of nitrogens with one attached hydrogen (secondary N) is 1. The van der Waals surface area contributed by atoms with Gasteiger partial charge in [0.2, 0.25) is 5.91 Å². The van der Waals surface area contributed by atoms with Gasteiger partial charge in [0, 0.05) is 37.7 Å². The summed E-state index contributed by atoms with van der Waals surface area (Å²) in [6.45, 7) is 9.04. The number of amides is 1. The zero-order chi connectivity index (χ0) is 26.3. The Hall–Kier alpha value is -3.69. The highest BCUT2D eigenvalue weighted by molar-refractivity contribution is 5.89. The molecule has 190 valence electrons. The number of pyridine rings is 1. The number of nitrogens with zero attached hydrogens (tertiary/aromatic N) is 4. The van der Waals surface area contributed by atoms with E-state index in [1.54, 1.807) is 31.9 Å². The molecule has 1 aromatic carbocycles. The van der Waals surface area contributed by atoms with Crippen molar-refractivity contribution < 1.29 is 18.0 Å². The first-order valence-electron chi connectivity index (χ1n) is 11.6. The van der Waals surface area contributed by atoms with Crippen molar-refractivity contribution in [2.45, 2.75) is 51.6 Å². The smallest absolute Gasteiger partial charge is 0.277 e. The van der Waals surface area contributed by atoms with Crippen LogP contribution in [0.2, 0.25) is 0 Å². The van der Waals surface area contributed by atoms with E-state index in [9.17, 15) is 22.8 Å². The maximum Gasteiger partial charge on any atom is 0.277 e. The van der Waals surface area contributed by atoms with Crippen LogP contribution in [0.1, 0.15) is 61.3 Å². The van der Waals surface area contributed by atoms with E-state index in [2.05, 4.69) is 21.9 Å². The lowest BCUT2D eigenvalue weighted by molar-refractivity contribution is -0.128. The topological polar surface area (TPSA) is 80.1 Å². The summed E-state index contributed by atoms with van der Waals surface area (Å²) in [5.41, 5.74) is -0.0489. The molecule has 3 aromatic rings. The molecule has 1 fully saturated rings. The van der Waals surface area contributed by atoms with Crippen molar-refractivity contribution >= 4 is 22.6 Å². The molecule has 4 rings (SSSR count). The number of anilines is 1. The van der Waals surface area contributed by atoms with Crippen LogP contribution in [0.15, 0.2) is 41.7 Å². The normalized spacial score (nSPS) is 18.6. The van der Waals surface area contributed by atoms with E-state index in [0.717, 1.165) is 6.07 Å². The lowest BCUT2D eigenvalue weighted by atomic mass is 9.99. The van der Waals surface area contributed by atoms with Gasteiger partial charge in [0.25, 0.3) is 12.0 Å². The van der Waals surface area contributed by atoms with Gasteiger partial charge in [-0.05, 0) is 26.3 Å². The minimum absolute atomic E-state index is 0.0583. The van der Waals surface area contributed by atoms with Crippen molar-refractivity contribution in [3.8, 4) is 0 Å². The molecule has 0 saturated carbocycles. The Labute approximate surface area is 206 Å². The van der Waals surface area contributed by atoms with Crippen LogP contribution in [-0.4, -0.2) is 37.9 Å². The number of carbonyl (C=O) groups excluding carboxylic acids is 1. The number of halogens is 3. The van der Waals surface area contributed by atoms with E-state index in [1.165, 1.54) is 23.6 Å². The third kappa shape index (κ3) is 4.47. The second kappa shape index (κ2) is 9.75. The highest BCUT2D eigenvalue weighted by atomic mass is 19.3. The maximum atomic E-state index is 14.8. The number of aromatic nitrogens is 3. The van der Waals surface area contributed by atoms with Crippen LogP contribution < -0.4 is 10.9 Å². The lowest BCUT2D eigenvalue weighted by Gasteiger charge is -2.21. The van der Waals surface area contributed by atoms with Gasteiger partial charge >= 0.3 is 0 Å². The zero-order valence-corrected chi connectivity index (χ0v) is 20.6. The molecule has 1 amide bonds. The average molecular weight is 500 g/mol. The summed E-state index contributed by atoms with van der Waals surface area (Å²) in [6, 6.07) is 4.81. The zero-order valence-electron chi connectivity index (χ0n) is 20.6. The minimum atomic E-state index is -2.94. The fraction of sp³-hybridized carbons (Fsp3) is 0.385. The van der Waals surface area contributed by atoms with Crippen LogP contribution in [0.3, 0.4) is 0 Å². The first-order valence-corrected chi connectivity index (χ1v) is 11.6. The third-order valence-corrected chi connectivity index (χ3v) is 6.80. The molecule has 10 heteroatoms. The molecule has 36 heavy (non-hydrogen) atoms. The maximum absolute atomic E-state index is 14.8. The lowest BCUT2D eigenvalue weighted by Crippen LogP contribution is -2.32. The largest absolute Gasteiger partial charge is 0.363 e. The highest BCUT2D eigenvalue weighted by Crippen LogP contribution is 2.34. The molecule has 1 N–H and O–H groups in total. The Morgan fingerprint density at radius 3 is 2.58 bits per heavy atom. The van der Waals surface area contributed by atoms with E-state index in [0.29, 0.717) is 35.7 Å². The molecule has 7 nitrogen and oxygen atoms in total. The Morgan fingerprint density at radius 2 is 1.97 bits per heavy atom. The molecule has 0 aliphatic carbocycles. The van der Waals surface area contributed by atoms with E-state index < -0.39 is 23.8 Å². The van der Waals surface area contributed by atoms with Crippen LogP contribution in [0.25, 0.3) is 10.9 Å². The van der Waals surface area contributed by atoms with Crippen molar-refractivity contribution in [2.75, 3.05) is 11.9 Å². The number of aryl methyl sites for hydroxylation is 1. The average Bonchev–Trinajstić information content (AvgIpc) is 3.26. The molecular weight excluding hydrogens is 471 g/mol.